The smallest absolute Gasteiger partial charge is 0.327 e. The number of esters is 1. The second-order valence-electron chi connectivity index (χ2n) is 5.47. The van der Waals surface area contributed by atoms with E-state index >= 15 is 0 Å². The third kappa shape index (κ3) is 3.83. The summed E-state index contributed by atoms with van der Waals surface area (Å²) in [5.74, 6) is -0.211. The van der Waals surface area contributed by atoms with Crippen LogP contribution in [0.4, 0.5) is 0 Å². The van der Waals surface area contributed by atoms with E-state index < -0.39 is 0 Å². The van der Waals surface area contributed by atoms with Gasteiger partial charge in [0.15, 0.2) is 0 Å². The number of rotatable bonds is 4. The van der Waals surface area contributed by atoms with Crippen LogP contribution in [0.2, 0.25) is 0 Å². The molecule has 1 N–H and O–H groups in total. The van der Waals surface area contributed by atoms with Gasteiger partial charge in [0.1, 0.15) is 6.04 Å². The predicted molar refractivity (Wildman–Crippen MR) is 83.6 cm³/mol. The van der Waals surface area contributed by atoms with E-state index in [1.165, 1.54) is 26.4 Å². The van der Waals surface area contributed by atoms with E-state index in [1.54, 1.807) is 0 Å². The molecular weight excluding hydrogens is 318 g/mol. The van der Waals surface area contributed by atoms with Crippen molar-refractivity contribution in [3.8, 4) is 0 Å². The molecule has 1 saturated carbocycles. The monoisotopic (exact) mass is 339 g/mol. The van der Waals surface area contributed by atoms with Crippen molar-refractivity contribution in [1.82, 2.24) is 5.32 Å². The van der Waals surface area contributed by atoms with E-state index in [-0.39, 0.29) is 12.0 Å². The van der Waals surface area contributed by atoms with Crippen molar-refractivity contribution in [2.75, 3.05) is 7.11 Å². The molecular formula is C16H22BrNO2. The minimum absolute atomic E-state index is 0.211. The van der Waals surface area contributed by atoms with Gasteiger partial charge in [-0.1, -0.05) is 47.3 Å². The van der Waals surface area contributed by atoms with Gasteiger partial charge in [-0.25, -0.2) is 4.79 Å². The number of methoxy groups -OCH3 is 1. The fourth-order valence-corrected chi connectivity index (χ4v) is 3.02. The first-order valence-electron chi connectivity index (χ1n) is 7.21. The molecule has 2 rings (SSSR count). The molecule has 1 unspecified atom stereocenters. The Morgan fingerprint density at radius 3 is 2.65 bits per heavy atom. The lowest BCUT2D eigenvalue weighted by atomic mass is 9.93. The van der Waals surface area contributed by atoms with Gasteiger partial charge in [-0.3, -0.25) is 5.32 Å². The SMILES string of the molecule is COC(=O)C(NC1CCCCC1)c1ccc(Br)c(C)c1. The molecule has 1 atom stereocenters. The molecule has 1 aliphatic rings. The van der Waals surface area contributed by atoms with Crippen LogP contribution < -0.4 is 5.32 Å². The van der Waals surface area contributed by atoms with Crippen molar-refractivity contribution in [2.45, 2.75) is 51.1 Å². The molecule has 110 valence electrons. The summed E-state index contributed by atoms with van der Waals surface area (Å²) in [4.78, 5) is 12.1. The van der Waals surface area contributed by atoms with Gasteiger partial charge in [0, 0.05) is 10.5 Å². The lowest BCUT2D eigenvalue weighted by Crippen LogP contribution is -2.38. The van der Waals surface area contributed by atoms with Crippen LogP contribution in [0.3, 0.4) is 0 Å². The number of halogens is 1. The Labute approximate surface area is 129 Å². The maximum Gasteiger partial charge on any atom is 0.327 e. The van der Waals surface area contributed by atoms with Gasteiger partial charge in [0.25, 0.3) is 0 Å². The number of carbonyl (C=O) groups excluding carboxylic acids is 1. The molecule has 1 fully saturated rings. The third-order valence-electron chi connectivity index (χ3n) is 3.96. The average molecular weight is 340 g/mol. The normalized spacial score (nSPS) is 17.8. The number of hydrogen-bond acceptors (Lipinski definition) is 3. The Balaban J connectivity index is 2.17. The predicted octanol–water partition coefficient (Wildman–Crippen LogP) is 3.89. The summed E-state index contributed by atoms with van der Waals surface area (Å²) >= 11 is 3.49. The van der Waals surface area contributed by atoms with Crippen molar-refractivity contribution in [2.24, 2.45) is 0 Å². The zero-order valence-electron chi connectivity index (χ0n) is 12.1. The van der Waals surface area contributed by atoms with Crippen LogP contribution in [0.1, 0.15) is 49.3 Å². The molecule has 0 bridgehead atoms. The summed E-state index contributed by atoms with van der Waals surface area (Å²) in [5, 5.41) is 3.48. The maximum absolute atomic E-state index is 12.1. The van der Waals surface area contributed by atoms with Crippen LogP contribution in [-0.2, 0) is 9.53 Å². The number of aryl methyl sites for hydroxylation is 1. The summed E-state index contributed by atoms with van der Waals surface area (Å²) < 4.78 is 6.02. The van der Waals surface area contributed by atoms with Gasteiger partial charge in [-0.15, -0.1) is 0 Å². The molecule has 0 radical (unpaired) electrons. The molecule has 1 aliphatic carbocycles. The van der Waals surface area contributed by atoms with E-state index in [0.717, 1.165) is 28.4 Å². The van der Waals surface area contributed by atoms with Gasteiger partial charge in [-0.2, -0.15) is 0 Å². The zero-order chi connectivity index (χ0) is 14.5. The number of hydrogen-bond donors (Lipinski definition) is 1. The summed E-state index contributed by atoms with van der Waals surface area (Å²) in [6.07, 6.45) is 6.07. The van der Waals surface area contributed by atoms with E-state index in [0.29, 0.717) is 6.04 Å². The summed E-state index contributed by atoms with van der Waals surface area (Å²) in [6.45, 7) is 2.03. The average Bonchev–Trinajstić information content (AvgIpc) is 2.48. The van der Waals surface area contributed by atoms with Crippen molar-refractivity contribution < 1.29 is 9.53 Å². The van der Waals surface area contributed by atoms with E-state index in [4.69, 9.17) is 4.74 Å². The fourth-order valence-electron chi connectivity index (χ4n) is 2.77. The Bertz CT molecular complexity index is 470. The molecule has 0 amide bonds. The number of benzene rings is 1. The van der Waals surface area contributed by atoms with Crippen LogP contribution in [0.15, 0.2) is 22.7 Å². The first-order valence-corrected chi connectivity index (χ1v) is 8.01. The molecule has 0 saturated heterocycles. The van der Waals surface area contributed by atoms with Crippen LogP contribution in [-0.4, -0.2) is 19.1 Å². The minimum atomic E-state index is -0.366. The summed E-state index contributed by atoms with van der Waals surface area (Å²) in [5.41, 5.74) is 2.10. The molecule has 0 spiro atoms. The van der Waals surface area contributed by atoms with E-state index in [1.807, 2.05) is 25.1 Å². The summed E-state index contributed by atoms with van der Waals surface area (Å²) in [7, 11) is 1.45. The fraction of sp³-hybridized carbons (Fsp3) is 0.562. The van der Waals surface area contributed by atoms with Crippen LogP contribution >= 0.6 is 15.9 Å². The first-order chi connectivity index (χ1) is 9.61. The molecule has 4 heteroatoms. The van der Waals surface area contributed by atoms with Crippen molar-refractivity contribution >= 4 is 21.9 Å². The zero-order valence-corrected chi connectivity index (χ0v) is 13.7. The highest BCUT2D eigenvalue weighted by Gasteiger charge is 2.25. The van der Waals surface area contributed by atoms with Gasteiger partial charge in [0.2, 0.25) is 0 Å². The summed E-state index contributed by atoms with van der Waals surface area (Å²) in [6, 6.07) is 6.06. The third-order valence-corrected chi connectivity index (χ3v) is 4.85. The molecule has 20 heavy (non-hydrogen) atoms. The van der Waals surface area contributed by atoms with Crippen molar-refractivity contribution in [3.05, 3.63) is 33.8 Å². The topological polar surface area (TPSA) is 38.3 Å². The van der Waals surface area contributed by atoms with E-state index in [9.17, 15) is 4.79 Å². The van der Waals surface area contributed by atoms with Gasteiger partial charge < -0.3 is 4.74 Å². The molecule has 0 aliphatic heterocycles. The first kappa shape index (κ1) is 15.5. The molecule has 0 heterocycles. The Hall–Kier alpha value is -0.870. The van der Waals surface area contributed by atoms with Gasteiger partial charge >= 0.3 is 5.97 Å². The highest BCUT2D eigenvalue weighted by Crippen LogP contribution is 2.25. The van der Waals surface area contributed by atoms with Crippen molar-refractivity contribution in [1.29, 1.82) is 0 Å². The maximum atomic E-state index is 12.1. The highest BCUT2D eigenvalue weighted by atomic mass is 79.9. The quantitative estimate of drug-likeness (QED) is 0.845. The standard InChI is InChI=1S/C16H22BrNO2/c1-11-10-12(8-9-14(11)17)15(16(19)20-2)18-13-6-4-3-5-7-13/h8-10,13,15,18H,3-7H2,1-2H3. The van der Waals surface area contributed by atoms with E-state index in [2.05, 4.69) is 21.2 Å². The van der Waals surface area contributed by atoms with Crippen molar-refractivity contribution in [3.63, 3.8) is 0 Å². The number of nitrogens with one attached hydrogen (secondary N) is 1. The number of ether oxygens (including phenoxy) is 1. The number of carbonyl (C=O) groups is 1. The van der Waals surface area contributed by atoms with Crippen LogP contribution in [0.25, 0.3) is 0 Å². The Morgan fingerprint density at radius 1 is 1.35 bits per heavy atom. The van der Waals surface area contributed by atoms with Gasteiger partial charge in [-0.05, 0) is 37.0 Å². The minimum Gasteiger partial charge on any atom is -0.468 e. The van der Waals surface area contributed by atoms with Gasteiger partial charge in [0.05, 0.1) is 7.11 Å². The van der Waals surface area contributed by atoms with Crippen LogP contribution in [0, 0.1) is 6.92 Å². The molecule has 0 aromatic heterocycles. The lowest BCUT2D eigenvalue weighted by Gasteiger charge is -2.27. The van der Waals surface area contributed by atoms with Crippen LogP contribution in [0.5, 0.6) is 0 Å². The lowest BCUT2D eigenvalue weighted by molar-refractivity contribution is -0.143. The molecule has 1 aromatic rings. The Kier molecular flexibility index (Phi) is 5.61. The second-order valence-corrected chi connectivity index (χ2v) is 6.32. The highest BCUT2D eigenvalue weighted by molar-refractivity contribution is 9.10. The largest absolute Gasteiger partial charge is 0.468 e. The molecule has 3 nitrogen and oxygen atoms in total. The molecule has 1 aromatic carbocycles. The second kappa shape index (κ2) is 7.23. The Morgan fingerprint density at radius 2 is 2.05 bits per heavy atom.